The minimum atomic E-state index is 0.0984. The molecule has 288 valence electrons. The fraction of sp³-hybridized carbons (Fsp3) is 0.0545. The van der Waals surface area contributed by atoms with Crippen LogP contribution in [0.15, 0.2) is 211 Å². The highest BCUT2D eigenvalue weighted by Gasteiger charge is 2.17. The zero-order chi connectivity index (χ0) is 40.1. The maximum atomic E-state index is 5.07. The Labute approximate surface area is 350 Å². The third-order valence-corrected chi connectivity index (χ3v) is 11.2. The van der Waals surface area contributed by atoms with Crippen molar-refractivity contribution in [1.29, 1.82) is 0 Å². The van der Waals surface area contributed by atoms with Crippen molar-refractivity contribution in [1.82, 2.24) is 14.9 Å². The first-order valence-corrected chi connectivity index (χ1v) is 20.6. The van der Waals surface area contributed by atoms with Crippen LogP contribution in [0, 0.1) is 0 Å². The second-order valence-corrected chi connectivity index (χ2v) is 15.0. The van der Waals surface area contributed by atoms with Crippen LogP contribution < -0.4 is 20.7 Å². The Bertz CT molecular complexity index is 3030. The lowest BCUT2D eigenvalue weighted by molar-refractivity contribution is 0.814. The van der Waals surface area contributed by atoms with E-state index in [1.165, 1.54) is 16.0 Å². The number of fused-ring (bicyclic) bond motifs is 2. The molecule has 0 saturated carbocycles. The highest BCUT2D eigenvalue weighted by atomic mass is 15.1. The van der Waals surface area contributed by atoms with E-state index < -0.39 is 0 Å². The third kappa shape index (κ3) is 7.52. The number of nitrogens with one attached hydrogen (secondary N) is 1. The first-order chi connectivity index (χ1) is 29.7. The van der Waals surface area contributed by atoms with Gasteiger partial charge >= 0.3 is 0 Å². The van der Waals surface area contributed by atoms with Crippen molar-refractivity contribution >= 4 is 52.3 Å². The normalized spacial score (nSPS) is 17.1. The minimum absolute atomic E-state index is 0.0984. The van der Waals surface area contributed by atoms with E-state index >= 15 is 0 Å². The summed E-state index contributed by atoms with van der Waals surface area (Å²) in [6, 6.07) is 62.7. The molecule has 1 N–H and O–H groups in total. The van der Waals surface area contributed by atoms with Crippen LogP contribution in [0.4, 0.5) is 17.1 Å². The maximum absolute atomic E-state index is 5.07. The number of anilines is 3. The lowest BCUT2D eigenvalue weighted by Crippen LogP contribution is -2.34. The lowest BCUT2D eigenvalue weighted by Gasteiger charge is -2.27. The van der Waals surface area contributed by atoms with Crippen molar-refractivity contribution in [2.75, 3.05) is 4.90 Å². The predicted molar refractivity (Wildman–Crippen MR) is 251 cm³/mol. The molecule has 2 aliphatic heterocycles. The molecule has 5 heteroatoms. The molecule has 0 radical (unpaired) electrons. The number of para-hydroxylation sites is 3. The van der Waals surface area contributed by atoms with Crippen molar-refractivity contribution in [3.63, 3.8) is 0 Å². The van der Waals surface area contributed by atoms with Crippen molar-refractivity contribution in [3.05, 3.63) is 228 Å². The minimum Gasteiger partial charge on any atom is -0.380 e. The van der Waals surface area contributed by atoms with Gasteiger partial charge in [0.1, 0.15) is 5.82 Å². The van der Waals surface area contributed by atoms with E-state index in [1.54, 1.807) is 0 Å². The summed E-state index contributed by atoms with van der Waals surface area (Å²) in [7, 11) is 0. The van der Waals surface area contributed by atoms with Crippen LogP contribution in [-0.2, 0) is 0 Å². The molecule has 60 heavy (non-hydrogen) atoms. The van der Waals surface area contributed by atoms with Gasteiger partial charge in [-0.2, -0.15) is 0 Å². The number of rotatable bonds is 8. The zero-order valence-corrected chi connectivity index (χ0v) is 33.1. The number of hydrogen-bond donors (Lipinski definition) is 1. The summed E-state index contributed by atoms with van der Waals surface area (Å²) < 4.78 is 2.24. The van der Waals surface area contributed by atoms with Gasteiger partial charge in [-0.15, -0.1) is 0 Å². The summed E-state index contributed by atoms with van der Waals surface area (Å²) in [5, 5.41) is 6.04. The number of aromatic nitrogens is 2. The molecule has 10 rings (SSSR count). The molecule has 7 aromatic carbocycles. The SMILES string of the molecule is C1=c2ccccc2=CC(c2ccc(N(c3ccc(C4=C/C/C=C\C=C/C/C=N\4)cc3)c3ccc(-c4ccc(-c5nc6ccccc6n5-c5ccccc5)cc4)cc3)cc2)N1. The highest BCUT2D eigenvalue weighted by molar-refractivity contribution is 5.84. The summed E-state index contributed by atoms with van der Waals surface area (Å²) in [6.45, 7) is 0. The summed E-state index contributed by atoms with van der Waals surface area (Å²) >= 11 is 0. The lowest BCUT2D eigenvalue weighted by atomic mass is 10.0. The first kappa shape index (κ1) is 36.6. The van der Waals surface area contributed by atoms with Gasteiger partial charge in [-0.25, -0.2) is 4.98 Å². The van der Waals surface area contributed by atoms with Crippen LogP contribution in [0.1, 0.15) is 30.0 Å². The van der Waals surface area contributed by atoms with E-state index in [2.05, 4.69) is 221 Å². The third-order valence-electron chi connectivity index (χ3n) is 11.2. The van der Waals surface area contributed by atoms with Gasteiger partial charge in [0.15, 0.2) is 0 Å². The Morgan fingerprint density at radius 1 is 0.533 bits per heavy atom. The molecule has 2 aliphatic rings. The standard InChI is InChI=1S/C55H43N5/c1-2-4-13-37-56-51(18-8-3-1)42-27-33-49(34-28-42)59(50-35-29-43(30-36-50)53-38-45-14-9-10-15-46(45)39-57-53)48-31-25-41(26-32-48)40-21-23-44(24-22-40)55-58-52-19-11-12-20-54(52)60(55)47-16-6-5-7-17-47/h1-7,9-12,14-39,53,57H,8,13H2/b3-1-,4-2-,51-18-,56-37-. The zero-order valence-electron chi connectivity index (χ0n) is 33.1. The number of hydrogen-bond acceptors (Lipinski definition) is 4. The van der Waals surface area contributed by atoms with Crippen LogP contribution >= 0.6 is 0 Å². The molecule has 1 unspecified atom stereocenters. The fourth-order valence-electron chi connectivity index (χ4n) is 8.08. The molecule has 0 bridgehead atoms. The molecule has 0 amide bonds. The molecular formula is C55H43N5. The second-order valence-electron chi connectivity index (χ2n) is 15.0. The predicted octanol–water partition coefficient (Wildman–Crippen LogP) is 12.0. The van der Waals surface area contributed by atoms with E-state index in [4.69, 9.17) is 9.98 Å². The Kier molecular flexibility index (Phi) is 10.1. The molecular weight excluding hydrogens is 731 g/mol. The second kappa shape index (κ2) is 16.6. The van der Waals surface area contributed by atoms with Crippen molar-refractivity contribution in [2.24, 2.45) is 4.99 Å². The van der Waals surface area contributed by atoms with E-state index in [9.17, 15) is 0 Å². The van der Waals surface area contributed by atoms with Gasteiger partial charge in [0, 0.05) is 47.1 Å². The van der Waals surface area contributed by atoms with E-state index in [1.807, 2.05) is 18.3 Å². The first-order valence-electron chi connectivity index (χ1n) is 20.6. The summed E-state index contributed by atoms with van der Waals surface area (Å²) in [4.78, 5) is 12.2. The van der Waals surface area contributed by atoms with Gasteiger partial charge in [0.05, 0.1) is 22.8 Å². The Morgan fingerprint density at radius 2 is 1.12 bits per heavy atom. The molecule has 0 fully saturated rings. The van der Waals surface area contributed by atoms with E-state index in [-0.39, 0.29) is 6.04 Å². The van der Waals surface area contributed by atoms with E-state index in [0.29, 0.717) is 0 Å². The molecule has 0 aliphatic carbocycles. The van der Waals surface area contributed by atoms with Gasteiger partial charge in [-0.3, -0.25) is 9.56 Å². The maximum Gasteiger partial charge on any atom is 0.145 e. The number of aliphatic imine (C=N–C) groups is 1. The fourth-order valence-corrected chi connectivity index (χ4v) is 8.08. The quantitative estimate of drug-likeness (QED) is 0.167. The van der Waals surface area contributed by atoms with Gasteiger partial charge in [0.2, 0.25) is 0 Å². The van der Waals surface area contributed by atoms with Gasteiger partial charge < -0.3 is 10.2 Å². The Morgan fingerprint density at radius 3 is 1.85 bits per heavy atom. The molecule has 1 aromatic heterocycles. The number of benzene rings is 7. The van der Waals surface area contributed by atoms with Crippen LogP contribution in [0.5, 0.6) is 0 Å². The molecule has 8 aromatic rings. The molecule has 3 heterocycles. The summed E-state index contributed by atoms with van der Waals surface area (Å²) in [6.07, 6.45) is 18.7. The number of allylic oxidation sites excluding steroid dienone is 5. The molecule has 0 saturated heterocycles. The summed E-state index contributed by atoms with van der Waals surface area (Å²) in [5.41, 5.74) is 13.0. The smallest absolute Gasteiger partial charge is 0.145 e. The monoisotopic (exact) mass is 773 g/mol. The largest absolute Gasteiger partial charge is 0.380 e. The molecule has 5 nitrogen and oxygen atoms in total. The van der Waals surface area contributed by atoms with Gasteiger partial charge in [-0.1, -0.05) is 146 Å². The van der Waals surface area contributed by atoms with Crippen LogP contribution in [0.3, 0.4) is 0 Å². The average Bonchev–Trinajstić information content (AvgIpc) is 3.72. The number of nitrogens with zero attached hydrogens (tertiary/aromatic N) is 4. The van der Waals surface area contributed by atoms with Crippen molar-refractivity contribution in [3.8, 4) is 28.2 Å². The number of imidazole rings is 1. The molecule has 1 atom stereocenters. The van der Waals surface area contributed by atoms with Crippen LogP contribution in [0.2, 0.25) is 0 Å². The van der Waals surface area contributed by atoms with E-state index in [0.717, 1.165) is 80.4 Å². The van der Waals surface area contributed by atoms with Gasteiger partial charge in [0.25, 0.3) is 0 Å². The van der Waals surface area contributed by atoms with Gasteiger partial charge in [-0.05, 0) is 106 Å². The van der Waals surface area contributed by atoms with Crippen molar-refractivity contribution < 1.29 is 0 Å². The molecule has 0 spiro atoms. The topological polar surface area (TPSA) is 45.5 Å². The van der Waals surface area contributed by atoms with Crippen LogP contribution in [0.25, 0.3) is 57.2 Å². The van der Waals surface area contributed by atoms with Crippen LogP contribution in [-0.4, -0.2) is 15.8 Å². The average molecular weight is 774 g/mol. The van der Waals surface area contributed by atoms with Crippen molar-refractivity contribution in [2.45, 2.75) is 18.9 Å². The summed E-state index contributed by atoms with van der Waals surface area (Å²) in [5.74, 6) is 0.926. The highest BCUT2D eigenvalue weighted by Crippen LogP contribution is 2.38. The Balaban J connectivity index is 0.967. The Hall–Kier alpha value is -7.76.